The third kappa shape index (κ3) is 4.14. The summed E-state index contributed by atoms with van der Waals surface area (Å²) in [6.45, 7) is 6.67. The first kappa shape index (κ1) is 19.3. The van der Waals surface area contributed by atoms with Crippen molar-refractivity contribution in [1.82, 2.24) is 13.9 Å². The zero-order chi connectivity index (χ0) is 17.9. The van der Waals surface area contributed by atoms with Gasteiger partial charge in [-0.05, 0) is 24.6 Å². The molecule has 132 valence electrons. The highest BCUT2D eigenvalue weighted by atomic mass is 35.5. The first-order chi connectivity index (χ1) is 11.3. The number of hydrogen-bond acceptors (Lipinski definition) is 4. The smallest absolute Gasteiger partial charge is 0.242 e. The second-order valence-corrected chi connectivity index (χ2v) is 9.27. The summed E-state index contributed by atoms with van der Waals surface area (Å²) < 4.78 is 27.9. The Morgan fingerprint density at radius 3 is 2.71 bits per heavy atom. The molecule has 1 aromatic heterocycles. The van der Waals surface area contributed by atoms with Crippen molar-refractivity contribution in [1.29, 1.82) is 0 Å². The van der Waals surface area contributed by atoms with Gasteiger partial charge in [-0.2, -0.15) is 0 Å². The van der Waals surface area contributed by atoms with E-state index in [0.717, 1.165) is 30.1 Å². The van der Waals surface area contributed by atoms with Crippen molar-refractivity contribution in [3.8, 4) is 0 Å². The molecular weight excluding hydrogens is 366 g/mol. The summed E-state index contributed by atoms with van der Waals surface area (Å²) in [5, 5.41) is 1.39. The number of sulfonamides is 1. The van der Waals surface area contributed by atoms with Crippen molar-refractivity contribution in [3.05, 3.63) is 29.8 Å². The van der Waals surface area contributed by atoms with Gasteiger partial charge >= 0.3 is 0 Å². The summed E-state index contributed by atoms with van der Waals surface area (Å²) in [6.07, 6.45) is 2.09. The van der Waals surface area contributed by atoms with Crippen molar-refractivity contribution in [2.45, 2.75) is 36.4 Å². The Bertz CT molecular complexity index is 844. The van der Waals surface area contributed by atoms with Gasteiger partial charge in [0.1, 0.15) is 0 Å². The summed E-state index contributed by atoms with van der Waals surface area (Å²) in [6, 6.07) is 5.09. The predicted octanol–water partition coefficient (Wildman–Crippen LogP) is 3.93. The molecule has 8 heteroatoms. The number of hydrogen-bond donors (Lipinski definition) is 0. The van der Waals surface area contributed by atoms with Crippen molar-refractivity contribution >= 4 is 44.4 Å². The van der Waals surface area contributed by atoms with Crippen LogP contribution < -0.4 is 0 Å². The number of unbranched alkanes of at least 4 members (excludes halogenated alkanes) is 1. The van der Waals surface area contributed by atoms with Gasteiger partial charge in [0.25, 0.3) is 0 Å². The number of rotatable bonds is 8. The molecule has 0 fully saturated rings. The molecule has 0 aliphatic heterocycles. The van der Waals surface area contributed by atoms with E-state index in [-0.39, 0.29) is 4.90 Å². The molecule has 0 radical (unpaired) electrons. The van der Waals surface area contributed by atoms with Crippen LogP contribution >= 0.6 is 23.4 Å². The molecule has 24 heavy (non-hydrogen) atoms. The summed E-state index contributed by atoms with van der Waals surface area (Å²) in [7, 11) is -0.431. The number of benzene rings is 1. The van der Waals surface area contributed by atoms with Gasteiger partial charge in [0.15, 0.2) is 5.16 Å². The molecule has 0 saturated carbocycles. The van der Waals surface area contributed by atoms with Gasteiger partial charge in [-0.15, -0.1) is 0 Å². The van der Waals surface area contributed by atoms with Crippen molar-refractivity contribution in [2.75, 3.05) is 19.8 Å². The van der Waals surface area contributed by atoms with E-state index >= 15 is 0 Å². The van der Waals surface area contributed by atoms with Gasteiger partial charge < -0.3 is 4.57 Å². The van der Waals surface area contributed by atoms with Crippen LogP contribution in [0.4, 0.5) is 0 Å². The fraction of sp³-hybridized carbons (Fsp3) is 0.438. The Balaban J connectivity index is 2.51. The van der Waals surface area contributed by atoms with Crippen LogP contribution in [0.15, 0.2) is 39.9 Å². The van der Waals surface area contributed by atoms with E-state index in [2.05, 4.69) is 23.1 Å². The molecule has 0 amide bonds. The molecule has 1 heterocycles. The first-order valence-corrected chi connectivity index (χ1v) is 10.5. The number of imidazole rings is 1. The average Bonchev–Trinajstić information content (AvgIpc) is 2.87. The number of aromatic nitrogens is 2. The van der Waals surface area contributed by atoms with Gasteiger partial charge in [-0.3, -0.25) is 0 Å². The molecule has 0 spiro atoms. The van der Waals surface area contributed by atoms with Crippen LogP contribution in [0.2, 0.25) is 0 Å². The van der Waals surface area contributed by atoms with Crippen LogP contribution in [0.25, 0.3) is 11.0 Å². The fourth-order valence-corrected chi connectivity index (χ4v) is 4.12. The number of halogens is 1. The maximum Gasteiger partial charge on any atom is 0.242 e. The molecule has 0 unspecified atom stereocenters. The standard InChI is InChI=1S/C16H22ClN3O2S2/c1-5-6-9-20-15-8-7-13(24(21,22)19(3)4)10-14(15)18-16(20)23-11-12(2)17/h7-8,10H,2,5-6,9,11H2,1,3-4H3. The summed E-state index contributed by atoms with van der Waals surface area (Å²) in [5.41, 5.74) is 1.61. The van der Waals surface area contributed by atoms with Gasteiger partial charge in [0.2, 0.25) is 10.0 Å². The number of aryl methyl sites for hydroxylation is 1. The fourth-order valence-electron chi connectivity index (χ4n) is 2.24. The van der Waals surface area contributed by atoms with Crippen LogP contribution in [0.3, 0.4) is 0 Å². The summed E-state index contributed by atoms with van der Waals surface area (Å²) >= 11 is 7.38. The van der Waals surface area contributed by atoms with Crippen molar-refractivity contribution in [3.63, 3.8) is 0 Å². The monoisotopic (exact) mass is 387 g/mol. The van der Waals surface area contributed by atoms with Crippen molar-refractivity contribution in [2.24, 2.45) is 0 Å². The highest BCUT2D eigenvalue weighted by Gasteiger charge is 2.19. The normalized spacial score (nSPS) is 12.2. The van der Waals surface area contributed by atoms with Gasteiger partial charge in [-0.1, -0.05) is 43.3 Å². The van der Waals surface area contributed by atoms with E-state index < -0.39 is 10.0 Å². The van der Waals surface area contributed by atoms with E-state index in [4.69, 9.17) is 11.6 Å². The van der Waals surface area contributed by atoms with Crippen LogP contribution in [-0.2, 0) is 16.6 Å². The highest BCUT2D eigenvalue weighted by molar-refractivity contribution is 7.99. The zero-order valence-electron chi connectivity index (χ0n) is 14.1. The quantitative estimate of drug-likeness (QED) is 0.644. The Morgan fingerprint density at radius 2 is 2.12 bits per heavy atom. The lowest BCUT2D eigenvalue weighted by atomic mass is 10.3. The van der Waals surface area contributed by atoms with E-state index in [0.29, 0.717) is 16.3 Å². The molecule has 0 aliphatic carbocycles. The Hall–Kier alpha value is -1.02. The molecule has 5 nitrogen and oxygen atoms in total. The minimum atomic E-state index is -3.47. The minimum absolute atomic E-state index is 0.249. The van der Waals surface area contributed by atoms with E-state index in [1.54, 1.807) is 12.1 Å². The van der Waals surface area contributed by atoms with E-state index in [9.17, 15) is 8.42 Å². The van der Waals surface area contributed by atoms with Crippen LogP contribution in [0, 0.1) is 0 Å². The minimum Gasteiger partial charge on any atom is -0.319 e. The third-order valence-electron chi connectivity index (χ3n) is 3.56. The van der Waals surface area contributed by atoms with Gasteiger partial charge in [0.05, 0.1) is 15.9 Å². The maximum absolute atomic E-state index is 12.3. The van der Waals surface area contributed by atoms with Gasteiger partial charge in [-0.25, -0.2) is 17.7 Å². The third-order valence-corrected chi connectivity index (χ3v) is 6.72. The molecule has 2 aromatic rings. The molecule has 0 saturated heterocycles. The Kier molecular flexibility index (Phi) is 6.36. The Labute approximate surface area is 152 Å². The lowest BCUT2D eigenvalue weighted by Gasteiger charge is -2.11. The van der Waals surface area contributed by atoms with Crippen molar-refractivity contribution < 1.29 is 8.42 Å². The molecule has 0 aliphatic rings. The summed E-state index contributed by atoms with van der Waals surface area (Å²) in [5.74, 6) is 0.569. The first-order valence-electron chi connectivity index (χ1n) is 7.66. The number of thioether (sulfide) groups is 1. The molecule has 2 rings (SSSR count). The highest BCUT2D eigenvalue weighted by Crippen LogP contribution is 2.28. The zero-order valence-corrected chi connectivity index (χ0v) is 16.5. The number of fused-ring (bicyclic) bond motifs is 1. The SMILES string of the molecule is C=C(Cl)CSc1nc2cc(S(=O)(=O)N(C)C)ccc2n1CCCC. The molecule has 0 N–H and O–H groups in total. The number of nitrogens with zero attached hydrogens (tertiary/aromatic N) is 3. The maximum atomic E-state index is 12.3. The second-order valence-electron chi connectivity index (χ2n) is 5.64. The lowest BCUT2D eigenvalue weighted by molar-refractivity contribution is 0.521. The Morgan fingerprint density at radius 1 is 1.42 bits per heavy atom. The van der Waals surface area contributed by atoms with E-state index in [1.807, 2.05) is 6.07 Å². The van der Waals surface area contributed by atoms with E-state index in [1.165, 1.54) is 30.2 Å². The van der Waals surface area contributed by atoms with Crippen LogP contribution in [-0.4, -0.2) is 42.1 Å². The second kappa shape index (κ2) is 7.91. The largest absolute Gasteiger partial charge is 0.319 e. The summed E-state index contributed by atoms with van der Waals surface area (Å²) in [4.78, 5) is 4.86. The predicted molar refractivity (Wildman–Crippen MR) is 101 cm³/mol. The molecule has 0 bridgehead atoms. The van der Waals surface area contributed by atoms with Crippen LogP contribution in [0.1, 0.15) is 19.8 Å². The molecule has 1 aromatic carbocycles. The molecule has 0 atom stereocenters. The lowest BCUT2D eigenvalue weighted by Crippen LogP contribution is -2.22. The molecular formula is C16H22ClN3O2S2. The average molecular weight is 388 g/mol. The van der Waals surface area contributed by atoms with Crippen LogP contribution in [0.5, 0.6) is 0 Å². The topological polar surface area (TPSA) is 55.2 Å². The van der Waals surface area contributed by atoms with Gasteiger partial charge in [0, 0.05) is 31.4 Å².